The highest BCUT2D eigenvalue weighted by molar-refractivity contribution is 7.90. The van der Waals surface area contributed by atoms with Gasteiger partial charge in [0.2, 0.25) is 10.0 Å². The lowest BCUT2D eigenvalue weighted by atomic mass is 9.97. The lowest BCUT2D eigenvalue weighted by Crippen LogP contribution is -2.48. The van der Waals surface area contributed by atoms with E-state index in [1.807, 2.05) is 75.4 Å². The number of hydrogen-bond acceptors (Lipinski definition) is 8. The summed E-state index contributed by atoms with van der Waals surface area (Å²) in [5.74, 6) is -0.663. The Labute approximate surface area is 290 Å². The van der Waals surface area contributed by atoms with Gasteiger partial charge in [-0.15, -0.1) is 0 Å². The maximum absolute atomic E-state index is 13.1. The number of aliphatic hydroxyl groups excluding tert-OH is 2. The van der Waals surface area contributed by atoms with Crippen molar-refractivity contribution in [3.05, 3.63) is 89.5 Å². The van der Waals surface area contributed by atoms with Gasteiger partial charge in [0.1, 0.15) is 5.75 Å². The normalized spacial score (nSPS) is 14.6. The van der Waals surface area contributed by atoms with E-state index in [-0.39, 0.29) is 43.6 Å². The van der Waals surface area contributed by atoms with Crippen LogP contribution in [0.1, 0.15) is 93.3 Å². The van der Waals surface area contributed by atoms with Crippen molar-refractivity contribution in [2.75, 3.05) is 25.5 Å². The number of hydrogen-bond donors (Lipinski definition) is 3. The Kier molecular flexibility index (Phi) is 13.6. The Balaban J connectivity index is 1.42. The molecule has 0 spiro atoms. The van der Waals surface area contributed by atoms with Crippen molar-refractivity contribution < 1.29 is 37.7 Å². The molecule has 10 nitrogen and oxygen atoms in total. The molecular weight excluding hydrogens is 644 g/mol. The SMILES string of the molecule is CC(C)(C)N(C[C@H](O)c1ccccc1)C(=O)OCCc1ccc(-c2ccc(C(=O)NS(=O)(=O)CCCCO)c(OC3CCCCC3)c2)cc1. The topological polar surface area (TPSA) is 142 Å². The summed E-state index contributed by atoms with van der Waals surface area (Å²) in [6.45, 7) is 5.86. The van der Waals surface area contributed by atoms with Crippen LogP contribution in [-0.4, -0.2) is 72.7 Å². The Morgan fingerprint density at radius 3 is 2.27 bits per heavy atom. The molecule has 0 heterocycles. The average Bonchev–Trinajstić information content (AvgIpc) is 3.07. The van der Waals surface area contributed by atoms with Crippen molar-refractivity contribution in [1.29, 1.82) is 0 Å². The number of aliphatic hydroxyl groups is 2. The number of carbonyl (C=O) groups excluding carboxylic acids is 2. The van der Waals surface area contributed by atoms with Gasteiger partial charge in [0.15, 0.2) is 0 Å². The fourth-order valence-corrected chi connectivity index (χ4v) is 6.85. The van der Waals surface area contributed by atoms with Crippen LogP contribution >= 0.6 is 0 Å². The molecule has 0 aromatic heterocycles. The van der Waals surface area contributed by atoms with Crippen LogP contribution in [0.5, 0.6) is 5.75 Å². The van der Waals surface area contributed by atoms with Gasteiger partial charge in [-0.25, -0.2) is 17.9 Å². The zero-order valence-corrected chi connectivity index (χ0v) is 29.6. The Hall–Kier alpha value is -3.93. The summed E-state index contributed by atoms with van der Waals surface area (Å²) in [6, 6.07) is 22.2. The van der Waals surface area contributed by atoms with E-state index >= 15 is 0 Å². The van der Waals surface area contributed by atoms with Crippen LogP contribution < -0.4 is 9.46 Å². The van der Waals surface area contributed by atoms with Crippen molar-refractivity contribution in [1.82, 2.24) is 9.62 Å². The van der Waals surface area contributed by atoms with E-state index in [0.29, 0.717) is 18.6 Å². The number of ether oxygens (including phenoxy) is 2. The molecule has 0 unspecified atom stereocenters. The van der Waals surface area contributed by atoms with E-state index in [4.69, 9.17) is 14.6 Å². The molecule has 1 aliphatic carbocycles. The van der Waals surface area contributed by atoms with Gasteiger partial charge in [0.05, 0.1) is 36.7 Å². The number of rotatable bonds is 15. The van der Waals surface area contributed by atoms with Gasteiger partial charge in [-0.2, -0.15) is 0 Å². The van der Waals surface area contributed by atoms with E-state index in [9.17, 15) is 23.1 Å². The van der Waals surface area contributed by atoms with Gasteiger partial charge < -0.3 is 24.6 Å². The number of β-amino-alcohol motifs (C(OH)–C–C–N with tert-alkyl or cyclic N) is 1. The fraction of sp³-hybridized carbons (Fsp3) is 0.474. The molecule has 0 bridgehead atoms. The standard InChI is InChI=1S/C38H50N2O8S/c1-38(2,3)40(27-34(42)30-12-6-4-7-13-30)37(44)47-24-22-28-16-18-29(19-17-28)31-20-21-33(35(26-31)48-32-14-8-5-9-15-32)36(43)39-49(45,46)25-11-10-23-41/h4,6-7,12-13,16-21,26,32,34,41-42H,5,8-11,14-15,22-25,27H2,1-3H3,(H,39,43)/t34-/m0/s1. The third kappa shape index (κ3) is 11.6. The predicted molar refractivity (Wildman–Crippen MR) is 190 cm³/mol. The molecular formula is C38H50N2O8S. The molecule has 4 rings (SSSR count). The van der Waals surface area contributed by atoms with E-state index in [1.165, 1.54) is 4.90 Å². The van der Waals surface area contributed by atoms with Crippen LogP contribution in [0.25, 0.3) is 11.1 Å². The fourth-order valence-electron chi connectivity index (χ4n) is 5.77. The Bertz CT molecular complexity index is 1620. The molecule has 49 heavy (non-hydrogen) atoms. The van der Waals surface area contributed by atoms with Crippen LogP contribution in [0.3, 0.4) is 0 Å². The second-order valence-electron chi connectivity index (χ2n) is 13.5. The van der Waals surface area contributed by atoms with Crippen molar-refractivity contribution in [3.63, 3.8) is 0 Å². The molecule has 266 valence electrons. The molecule has 0 aliphatic heterocycles. The lowest BCUT2D eigenvalue weighted by molar-refractivity contribution is 0.0368. The summed E-state index contributed by atoms with van der Waals surface area (Å²) in [4.78, 5) is 27.8. The Morgan fingerprint density at radius 2 is 1.61 bits per heavy atom. The largest absolute Gasteiger partial charge is 0.490 e. The summed E-state index contributed by atoms with van der Waals surface area (Å²) in [5.41, 5.74) is 2.98. The van der Waals surface area contributed by atoms with Crippen LogP contribution in [0.2, 0.25) is 0 Å². The minimum Gasteiger partial charge on any atom is -0.490 e. The lowest BCUT2D eigenvalue weighted by Gasteiger charge is -2.36. The number of nitrogens with zero attached hydrogens (tertiary/aromatic N) is 1. The molecule has 1 aliphatic rings. The maximum atomic E-state index is 13.1. The monoisotopic (exact) mass is 694 g/mol. The zero-order chi connectivity index (χ0) is 35.4. The molecule has 3 N–H and O–H groups in total. The molecule has 3 aromatic rings. The van der Waals surface area contributed by atoms with Gasteiger partial charge in [-0.1, -0.05) is 67.1 Å². The number of amides is 2. The minimum atomic E-state index is -3.87. The van der Waals surface area contributed by atoms with Crippen molar-refractivity contribution in [2.45, 2.75) is 89.9 Å². The first-order valence-electron chi connectivity index (χ1n) is 17.1. The third-order valence-electron chi connectivity index (χ3n) is 8.61. The number of nitrogens with one attached hydrogen (secondary N) is 1. The summed E-state index contributed by atoms with van der Waals surface area (Å²) in [5, 5.41) is 19.7. The number of unbranched alkanes of at least 4 members (excludes halogenated alkanes) is 1. The third-order valence-corrected chi connectivity index (χ3v) is 9.94. The summed E-state index contributed by atoms with van der Waals surface area (Å²) >= 11 is 0. The highest BCUT2D eigenvalue weighted by Crippen LogP contribution is 2.31. The van der Waals surface area contributed by atoms with Crippen LogP contribution in [-0.2, 0) is 21.2 Å². The van der Waals surface area contributed by atoms with Crippen molar-refractivity contribution in [3.8, 4) is 16.9 Å². The van der Waals surface area contributed by atoms with Gasteiger partial charge in [-0.3, -0.25) is 4.79 Å². The Morgan fingerprint density at radius 1 is 0.939 bits per heavy atom. The van der Waals surface area contributed by atoms with Crippen LogP contribution in [0.15, 0.2) is 72.8 Å². The summed E-state index contributed by atoms with van der Waals surface area (Å²) < 4.78 is 39.1. The number of carbonyl (C=O) groups is 2. The first-order valence-corrected chi connectivity index (χ1v) is 18.7. The minimum absolute atomic E-state index is 0.0578. The first-order chi connectivity index (χ1) is 23.4. The highest BCUT2D eigenvalue weighted by atomic mass is 32.2. The van der Waals surface area contributed by atoms with E-state index < -0.39 is 33.7 Å². The van der Waals surface area contributed by atoms with E-state index in [2.05, 4.69) is 4.72 Å². The van der Waals surface area contributed by atoms with Crippen molar-refractivity contribution in [2.24, 2.45) is 0 Å². The average molecular weight is 695 g/mol. The zero-order valence-electron chi connectivity index (χ0n) is 28.8. The molecule has 1 saturated carbocycles. The predicted octanol–water partition coefficient (Wildman–Crippen LogP) is 6.41. The smallest absolute Gasteiger partial charge is 0.410 e. The van der Waals surface area contributed by atoms with E-state index in [0.717, 1.165) is 54.4 Å². The molecule has 1 atom stereocenters. The van der Waals surface area contributed by atoms with Crippen LogP contribution in [0, 0.1) is 0 Å². The molecule has 3 aromatic carbocycles. The first kappa shape index (κ1) is 37.9. The summed E-state index contributed by atoms with van der Waals surface area (Å²) in [7, 11) is -3.87. The quantitative estimate of drug-likeness (QED) is 0.155. The van der Waals surface area contributed by atoms with Gasteiger partial charge >= 0.3 is 6.09 Å². The maximum Gasteiger partial charge on any atom is 0.410 e. The molecule has 1 fully saturated rings. The van der Waals surface area contributed by atoms with Crippen molar-refractivity contribution >= 4 is 22.0 Å². The summed E-state index contributed by atoms with van der Waals surface area (Å²) in [6.07, 6.45) is 4.62. The number of sulfonamides is 1. The molecule has 0 saturated heterocycles. The van der Waals surface area contributed by atoms with Gasteiger partial charge in [-0.05, 0) is 93.7 Å². The molecule has 0 radical (unpaired) electrons. The second kappa shape index (κ2) is 17.6. The highest BCUT2D eigenvalue weighted by Gasteiger charge is 2.30. The second-order valence-corrected chi connectivity index (χ2v) is 15.4. The van der Waals surface area contributed by atoms with E-state index in [1.54, 1.807) is 18.2 Å². The van der Waals surface area contributed by atoms with Gasteiger partial charge in [0, 0.05) is 18.6 Å². The van der Waals surface area contributed by atoms with Gasteiger partial charge in [0.25, 0.3) is 5.91 Å². The number of benzene rings is 3. The van der Waals surface area contributed by atoms with Crippen LogP contribution in [0.4, 0.5) is 4.79 Å². The molecule has 2 amide bonds. The molecule has 11 heteroatoms.